The van der Waals surface area contributed by atoms with Gasteiger partial charge in [0.25, 0.3) is 0 Å². The quantitative estimate of drug-likeness (QED) is 0.492. The van der Waals surface area contributed by atoms with Crippen molar-refractivity contribution in [2.45, 2.75) is 13.8 Å². The van der Waals surface area contributed by atoms with Crippen LogP contribution in [0.3, 0.4) is 0 Å². The van der Waals surface area contributed by atoms with E-state index in [1.165, 1.54) is 0 Å². The number of nitriles is 1. The van der Waals surface area contributed by atoms with E-state index in [-0.39, 0.29) is 5.92 Å². The van der Waals surface area contributed by atoms with Crippen molar-refractivity contribution >= 4 is 0 Å². The summed E-state index contributed by atoms with van der Waals surface area (Å²) in [6.45, 7) is 3.72. The molecule has 54 valence electrons. The molecule has 0 saturated carbocycles. The zero-order valence-electron chi connectivity index (χ0n) is 6.97. The first-order valence-corrected chi connectivity index (χ1v) is 3.01. The molecule has 0 atom stereocenters. The second kappa shape index (κ2) is 7.45. The summed E-state index contributed by atoms with van der Waals surface area (Å²) in [7, 11) is 6.00. The highest BCUT2D eigenvalue weighted by atomic mass is 15.0. The van der Waals surface area contributed by atoms with Crippen molar-refractivity contribution in [3.63, 3.8) is 0 Å². The molecular weight excluding hydrogens is 112 g/mol. The molecule has 0 N–H and O–H groups in total. The monoisotopic (exact) mass is 128 g/mol. The fraction of sp³-hybridized carbons (Fsp3) is 0.857. The highest BCUT2D eigenvalue weighted by molar-refractivity contribution is 4.72. The topological polar surface area (TPSA) is 27.0 Å². The second-order valence-electron chi connectivity index (χ2n) is 2.63. The molecule has 0 aliphatic heterocycles. The van der Waals surface area contributed by atoms with Crippen LogP contribution in [0.5, 0.6) is 0 Å². The minimum absolute atomic E-state index is 0.190. The molecule has 0 amide bonds. The van der Waals surface area contributed by atoms with Crippen molar-refractivity contribution in [3.05, 3.63) is 0 Å². The molecule has 0 radical (unpaired) electrons. The van der Waals surface area contributed by atoms with Crippen LogP contribution < -0.4 is 0 Å². The minimum Gasteiger partial charge on any atom is -0.312 e. The van der Waals surface area contributed by atoms with Gasteiger partial charge in [0.15, 0.2) is 0 Å². The van der Waals surface area contributed by atoms with E-state index < -0.39 is 0 Å². The Bertz CT molecular complexity index is 76.7. The summed E-state index contributed by atoms with van der Waals surface area (Å²) in [6.07, 6.45) is 0. The van der Waals surface area contributed by atoms with Crippen LogP contribution in [-0.2, 0) is 0 Å². The van der Waals surface area contributed by atoms with Gasteiger partial charge in [-0.2, -0.15) is 5.26 Å². The Morgan fingerprint density at radius 1 is 1.22 bits per heavy atom. The fourth-order valence-electron chi connectivity index (χ4n) is 0. The summed E-state index contributed by atoms with van der Waals surface area (Å²) in [4.78, 5) is 2.00. The van der Waals surface area contributed by atoms with Crippen LogP contribution in [0, 0.1) is 17.2 Å². The van der Waals surface area contributed by atoms with Gasteiger partial charge < -0.3 is 4.90 Å². The molecule has 0 rings (SSSR count). The lowest BCUT2D eigenvalue weighted by Gasteiger charge is -1.90. The molecule has 2 heteroatoms. The third kappa shape index (κ3) is 105. The maximum absolute atomic E-state index is 7.89. The summed E-state index contributed by atoms with van der Waals surface area (Å²) in [5, 5.41) is 7.89. The van der Waals surface area contributed by atoms with Crippen LogP contribution in [0.15, 0.2) is 0 Å². The van der Waals surface area contributed by atoms with Gasteiger partial charge in [-0.25, -0.2) is 0 Å². The summed E-state index contributed by atoms with van der Waals surface area (Å²) < 4.78 is 0. The predicted octanol–water partition coefficient (Wildman–Crippen LogP) is 1.34. The average Bonchev–Trinajstić information content (AvgIpc) is 1.65. The molecule has 0 aromatic heterocycles. The van der Waals surface area contributed by atoms with Gasteiger partial charge in [0.2, 0.25) is 0 Å². The molecule has 0 bridgehead atoms. The third-order valence-electron chi connectivity index (χ3n) is 0.258. The SMILES string of the molecule is CC(C)C#N.CN(C)C. The molecule has 0 aliphatic carbocycles. The van der Waals surface area contributed by atoms with Crippen molar-refractivity contribution in [1.82, 2.24) is 4.90 Å². The Morgan fingerprint density at radius 3 is 1.33 bits per heavy atom. The van der Waals surface area contributed by atoms with Crippen molar-refractivity contribution in [2.75, 3.05) is 21.1 Å². The number of rotatable bonds is 0. The summed E-state index contributed by atoms with van der Waals surface area (Å²) in [6, 6.07) is 2.03. The molecule has 9 heavy (non-hydrogen) atoms. The smallest absolute Gasteiger partial charge is 0.0649 e. The second-order valence-corrected chi connectivity index (χ2v) is 2.63. The van der Waals surface area contributed by atoms with Crippen molar-refractivity contribution < 1.29 is 0 Å². The van der Waals surface area contributed by atoms with Gasteiger partial charge in [-0.1, -0.05) is 0 Å². The molecular formula is C7H16N2. The number of hydrogen-bond donors (Lipinski definition) is 0. The summed E-state index contributed by atoms with van der Waals surface area (Å²) in [5.41, 5.74) is 0. The maximum atomic E-state index is 7.89. The molecule has 0 saturated heterocycles. The first-order chi connectivity index (χ1) is 4.00. The zero-order valence-corrected chi connectivity index (χ0v) is 6.97. The van der Waals surface area contributed by atoms with Crippen LogP contribution >= 0.6 is 0 Å². The molecule has 0 aromatic rings. The average molecular weight is 128 g/mol. The Morgan fingerprint density at radius 2 is 1.33 bits per heavy atom. The first-order valence-electron chi connectivity index (χ1n) is 3.01. The lowest BCUT2D eigenvalue weighted by Crippen LogP contribution is -1.99. The normalized spacial score (nSPS) is 8.22. The Kier molecular flexibility index (Phi) is 9.33. The van der Waals surface area contributed by atoms with Gasteiger partial charge in [-0.15, -0.1) is 0 Å². The fourth-order valence-corrected chi connectivity index (χ4v) is 0. The van der Waals surface area contributed by atoms with Gasteiger partial charge in [-0.3, -0.25) is 0 Å². The predicted molar refractivity (Wildman–Crippen MR) is 40.1 cm³/mol. The van der Waals surface area contributed by atoms with E-state index in [1.54, 1.807) is 0 Å². The Labute approximate surface area is 58.1 Å². The first kappa shape index (κ1) is 11.3. The van der Waals surface area contributed by atoms with E-state index in [4.69, 9.17) is 5.26 Å². The molecule has 0 spiro atoms. The van der Waals surface area contributed by atoms with Crippen LogP contribution in [0.2, 0.25) is 0 Å². The van der Waals surface area contributed by atoms with Crippen LogP contribution in [0.1, 0.15) is 13.8 Å². The zero-order chi connectivity index (χ0) is 7.86. The molecule has 0 aromatic carbocycles. The molecule has 0 fully saturated rings. The standard InChI is InChI=1S/C4H7N.C3H9N/c1-4(2)3-5;1-4(2)3/h4H,1-2H3;1-3H3. The molecule has 2 nitrogen and oxygen atoms in total. The highest BCUT2D eigenvalue weighted by Crippen LogP contribution is 1.81. The molecule has 0 aliphatic rings. The van der Waals surface area contributed by atoms with Gasteiger partial charge in [0.05, 0.1) is 6.07 Å². The Balaban J connectivity index is 0. The van der Waals surface area contributed by atoms with Crippen LogP contribution in [0.4, 0.5) is 0 Å². The van der Waals surface area contributed by atoms with Crippen LogP contribution in [-0.4, -0.2) is 26.0 Å². The third-order valence-corrected chi connectivity index (χ3v) is 0.258. The maximum Gasteiger partial charge on any atom is 0.0649 e. The van der Waals surface area contributed by atoms with E-state index in [1.807, 2.05) is 46.0 Å². The molecule has 0 heterocycles. The lowest BCUT2D eigenvalue weighted by molar-refractivity contribution is 0.505. The van der Waals surface area contributed by atoms with Gasteiger partial charge in [0.1, 0.15) is 0 Å². The summed E-state index contributed by atoms with van der Waals surface area (Å²) in [5.74, 6) is 0.190. The van der Waals surface area contributed by atoms with E-state index >= 15 is 0 Å². The van der Waals surface area contributed by atoms with E-state index in [0.29, 0.717) is 0 Å². The van der Waals surface area contributed by atoms with E-state index in [0.717, 1.165) is 0 Å². The number of hydrogen-bond acceptors (Lipinski definition) is 2. The lowest BCUT2D eigenvalue weighted by atomic mass is 10.3. The van der Waals surface area contributed by atoms with Gasteiger partial charge >= 0.3 is 0 Å². The summed E-state index contributed by atoms with van der Waals surface area (Å²) >= 11 is 0. The molecule has 0 unspecified atom stereocenters. The number of nitrogens with zero attached hydrogens (tertiary/aromatic N) is 2. The van der Waals surface area contributed by atoms with Crippen molar-refractivity contribution in [3.8, 4) is 6.07 Å². The van der Waals surface area contributed by atoms with Crippen LogP contribution in [0.25, 0.3) is 0 Å². The largest absolute Gasteiger partial charge is 0.312 e. The van der Waals surface area contributed by atoms with Crippen molar-refractivity contribution in [1.29, 1.82) is 5.26 Å². The Hall–Kier alpha value is -0.550. The van der Waals surface area contributed by atoms with E-state index in [2.05, 4.69) is 0 Å². The van der Waals surface area contributed by atoms with E-state index in [9.17, 15) is 0 Å². The van der Waals surface area contributed by atoms with Crippen molar-refractivity contribution in [2.24, 2.45) is 5.92 Å². The highest BCUT2D eigenvalue weighted by Gasteiger charge is 1.78. The minimum atomic E-state index is 0.190. The van der Waals surface area contributed by atoms with Gasteiger partial charge in [-0.05, 0) is 35.0 Å². The van der Waals surface area contributed by atoms with Gasteiger partial charge in [0, 0.05) is 5.92 Å².